The van der Waals surface area contributed by atoms with Crippen molar-refractivity contribution in [2.75, 3.05) is 0 Å². The first-order valence-corrected chi connectivity index (χ1v) is 6.95. The van der Waals surface area contributed by atoms with Crippen LogP contribution in [-0.2, 0) is 0 Å². The standard InChI is InChI=1S/C14H8Cl2N4O2/c1-7-2-3-8(20(21)22)4-9(7)11-5-10-12(6-17-11)18-14(16)19-13(10)15/h2-6H,1H3. The highest BCUT2D eigenvalue weighted by atomic mass is 35.5. The van der Waals surface area contributed by atoms with E-state index in [2.05, 4.69) is 15.0 Å². The van der Waals surface area contributed by atoms with E-state index in [4.69, 9.17) is 23.2 Å². The number of nitrogens with zero attached hydrogens (tertiary/aromatic N) is 4. The van der Waals surface area contributed by atoms with E-state index in [-0.39, 0.29) is 16.1 Å². The second kappa shape index (κ2) is 5.47. The zero-order valence-electron chi connectivity index (χ0n) is 11.2. The molecule has 0 amide bonds. The Morgan fingerprint density at radius 2 is 1.95 bits per heavy atom. The number of nitro groups is 1. The maximum absolute atomic E-state index is 10.9. The van der Waals surface area contributed by atoms with E-state index in [1.54, 1.807) is 12.1 Å². The third-order valence-corrected chi connectivity index (χ3v) is 3.67. The Bertz CT molecular complexity index is 915. The monoisotopic (exact) mass is 334 g/mol. The number of pyridine rings is 1. The Morgan fingerprint density at radius 1 is 1.18 bits per heavy atom. The molecule has 0 saturated carbocycles. The molecule has 3 rings (SSSR count). The molecule has 0 unspecified atom stereocenters. The molecule has 0 bridgehead atoms. The Labute approximate surface area is 134 Å². The van der Waals surface area contributed by atoms with Crippen LogP contribution in [0, 0.1) is 17.0 Å². The molecule has 0 atom stereocenters. The van der Waals surface area contributed by atoms with Crippen molar-refractivity contribution < 1.29 is 4.92 Å². The summed E-state index contributed by atoms with van der Waals surface area (Å²) in [5.74, 6) is 0. The van der Waals surface area contributed by atoms with Crippen molar-refractivity contribution in [2.45, 2.75) is 6.92 Å². The highest BCUT2D eigenvalue weighted by molar-refractivity contribution is 6.35. The minimum Gasteiger partial charge on any atom is -0.258 e. The largest absolute Gasteiger partial charge is 0.270 e. The molecule has 0 N–H and O–H groups in total. The molecule has 22 heavy (non-hydrogen) atoms. The summed E-state index contributed by atoms with van der Waals surface area (Å²) in [6.45, 7) is 1.85. The number of non-ortho nitro benzene ring substituents is 1. The molecule has 0 aliphatic carbocycles. The van der Waals surface area contributed by atoms with Crippen LogP contribution in [0.15, 0.2) is 30.5 Å². The van der Waals surface area contributed by atoms with Gasteiger partial charge in [-0.1, -0.05) is 17.7 Å². The van der Waals surface area contributed by atoms with E-state index in [0.717, 1.165) is 5.56 Å². The van der Waals surface area contributed by atoms with Gasteiger partial charge in [0.1, 0.15) is 5.15 Å². The van der Waals surface area contributed by atoms with E-state index in [1.807, 2.05) is 6.92 Å². The number of aromatic nitrogens is 3. The van der Waals surface area contributed by atoms with E-state index in [9.17, 15) is 10.1 Å². The van der Waals surface area contributed by atoms with Crippen LogP contribution < -0.4 is 0 Å². The summed E-state index contributed by atoms with van der Waals surface area (Å²) < 4.78 is 0. The van der Waals surface area contributed by atoms with Crippen molar-refractivity contribution in [2.24, 2.45) is 0 Å². The first-order valence-electron chi connectivity index (χ1n) is 6.20. The Morgan fingerprint density at radius 3 is 2.68 bits per heavy atom. The highest BCUT2D eigenvalue weighted by Crippen LogP contribution is 2.30. The SMILES string of the molecule is Cc1ccc([N+](=O)[O-])cc1-c1cc2c(Cl)nc(Cl)nc2cn1. The molecule has 3 aromatic rings. The molecule has 0 spiro atoms. The summed E-state index contributed by atoms with van der Waals surface area (Å²) >= 11 is 11.8. The van der Waals surface area contributed by atoms with Gasteiger partial charge in [0.05, 0.1) is 22.3 Å². The molecule has 0 fully saturated rings. The molecule has 1 aromatic carbocycles. The summed E-state index contributed by atoms with van der Waals surface area (Å²) in [6, 6.07) is 6.31. The van der Waals surface area contributed by atoms with Crippen molar-refractivity contribution >= 4 is 39.8 Å². The van der Waals surface area contributed by atoms with Crippen molar-refractivity contribution in [1.29, 1.82) is 0 Å². The maximum atomic E-state index is 10.9. The lowest BCUT2D eigenvalue weighted by atomic mass is 10.0. The van der Waals surface area contributed by atoms with Gasteiger partial charge in [-0.15, -0.1) is 0 Å². The summed E-state index contributed by atoms with van der Waals surface area (Å²) in [4.78, 5) is 22.7. The Kier molecular flexibility index (Phi) is 3.64. The minimum atomic E-state index is -0.445. The van der Waals surface area contributed by atoms with Gasteiger partial charge in [0.2, 0.25) is 5.28 Å². The van der Waals surface area contributed by atoms with Gasteiger partial charge in [-0.3, -0.25) is 15.1 Å². The quantitative estimate of drug-likeness (QED) is 0.303. The summed E-state index contributed by atoms with van der Waals surface area (Å²) in [7, 11) is 0. The van der Waals surface area contributed by atoms with Gasteiger partial charge >= 0.3 is 0 Å². The van der Waals surface area contributed by atoms with Gasteiger partial charge in [0, 0.05) is 23.1 Å². The molecule has 8 heteroatoms. The minimum absolute atomic E-state index is 0.000880. The van der Waals surface area contributed by atoms with Crippen molar-refractivity contribution in [3.63, 3.8) is 0 Å². The molecule has 0 saturated heterocycles. The van der Waals surface area contributed by atoms with Crippen LogP contribution in [0.3, 0.4) is 0 Å². The van der Waals surface area contributed by atoms with Crippen molar-refractivity contribution in [3.8, 4) is 11.3 Å². The van der Waals surface area contributed by atoms with Gasteiger partial charge in [0.25, 0.3) is 5.69 Å². The number of benzene rings is 1. The molecular formula is C14H8Cl2N4O2. The van der Waals surface area contributed by atoms with Crippen LogP contribution in [-0.4, -0.2) is 19.9 Å². The third kappa shape index (κ3) is 2.58. The number of rotatable bonds is 2. The number of halogens is 2. The fourth-order valence-corrected chi connectivity index (χ4v) is 2.57. The molecule has 6 nitrogen and oxygen atoms in total. The van der Waals surface area contributed by atoms with Gasteiger partial charge in [-0.05, 0) is 30.2 Å². The van der Waals surface area contributed by atoms with Crippen LogP contribution in [0.2, 0.25) is 10.4 Å². The lowest BCUT2D eigenvalue weighted by Gasteiger charge is -2.07. The fraction of sp³-hybridized carbons (Fsp3) is 0.0714. The fourth-order valence-electron chi connectivity index (χ4n) is 2.11. The predicted molar refractivity (Wildman–Crippen MR) is 84.2 cm³/mol. The molecular weight excluding hydrogens is 327 g/mol. The molecule has 0 radical (unpaired) electrons. The number of nitro benzene ring substituents is 1. The smallest absolute Gasteiger partial charge is 0.258 e. The van der Waals surface area contributed by atoms with Crippen molar-refractivity contribution in [3.05, 3.63) is 56.6 Å². The predicted octanol–water partition coefficient (Wildman–Crippen LogP) is 4.22. The topological polar surface area (TPSA) is 81.8 Å². The normalized spacial score (nSPS) is 10.9. The third-order valence-electron chi connectivity index (χ3n) is 3.22. The van der Waals surface area contributed by atoms with Gasteiger partial charge in [-0.25, -0.2) is 9.97 Å². The second-order valence-corrected chi connectivity index (χ2v) is 5.32. The van der Waals surface area contributed by atoms with Crippen LogP contribution in [0.1, 0.15) is 5.56 Å². The van der Waals surface area contributed by atoms with Crippen LogP contribution >= 0.6 is 23.2 Å². The summed E-state index contributed by atoms with van der Waals surface area (Å²) in [5.41, 5.74) is 2.59. The van der Waals surface area contributed by atoms with E-state index < -0.39 is 4.92 Å². The van der Waals surface area contributed by atoms with Crippen LogP contribution in [0.4, 0.5) is 5.69 Å². The van der Waals surface area contributed by atoms with E-state index in [1.165, 1.54) is 18.3 Å². The van der Waals surface area contributed by atoms with Gasteiger partial charge < -0.3 is 0 Å². The Hall–Kier alpha value is -2.31. The molecule has 0 aliphatic rings. The lowest BCUT2D eigenvalue weighted by molar-refractivity contribution is -0.384. The van der Waals surface area contributed by atoms with Crippen molar-refractivity contribution in [1.82, 2.24) is 15.0 Å². The zero-order chi connectivity index (χ0) is 15.9. The average molecular weight is 335 g/mol. The highest BCUT2D eigenvalue weighted by Gasteiger charge is 2.13. The van der Waals surface area contributed by atoms with Gasteiger partial charge in [-0.2, -0.15) is 0 Å². The number of hydrogen-bond donors (Lipinski definition) is 0. The lowest BCUT2D eigenvalue weighted by Crippen LogP contribution is -1.94. The first-order chi connectivity index (χ1) is 10.5. The van der Waals surface area contributed by atoms with E-state index >= 15 is 0 Å². The Balaban J connectivity index is 2.22. The zero-order valence-corrected chi connectivity index (χ0v) is 12.8. The summed E-state index contributed by atoms with van der Waals surface area (Å²) in [5, 5.41) is 11.8. The molecule has 2 aromatic heterocycles. The van der Waals surface area contributed by atoms with Crippen LogP contribution in [0.5, 0.6) is 0 Å². The average Bonchev–Trinajstić information content (AvgIpc) is 2.47. The molecule has 110 valence electrons. The number of hydrogen-bond acceptors (Lipinski definition) is 5. The maximum Gasteiger partial charge on any atom is 0.270 e. The first kappa shape index (κ1) is 14.6. The number of fused-ring (bicyclic) bond motifs is 1. The summed E-state index contributed by atoms with van der Waals surface area (Å²) in [6.07, 6.45) is 1.52. The van der Waals surface area contributed by atoms with Crippen LogP contribution in [0.25, 0.3) is 22.2 Å². The molecule has 2 heterocycles. The van der Waals surface area contributed by atoms with E-state index in [0.29, 0.717) is 22.2 Å². The number of aryl methyl sites for hydroxylation is 1. The molecule has 0 aliphatic heterocycles. The van der Waals surface area contributed by atoms with Gasteiger partial charge in [0.15, 0.2) is 0 Å². The second-order valence-electron chi connectivity index (χ2n) is 4.63.